The Kier molecular flexibility index (Phi) is 4.52. The number of rotatable bonds is 5. The van der Waals surface area contributed by atoms with Crippen molar-refractivity contribution in [2.75, 3.05) is 10.6 Å². The second-order valence-corrected chi connectivity index (χ2v) is 5.64. The summed E-state index contributed by atoms with van der Waals surface area (Å²) in [5.41, 5.74) is 2.85. The lowest BCUT2D eigenvalue weighted by Crippen LogP contribution is -2.11. The van der Waals surface area contributed by atoms with Gasteiger partial charge >= 0.3 is 0 Å². The molecule has 2 heterocycles. The lowest BCUT2D eigenvalue weighted by atomic mass is 10.1. The fourth-order valence-electron chi connectivity index (χ4n) is 2.49. The molecule has 0 atom stereocenters. The summed E-state index contributed by atoms with van der Waals surface area (Å²) < 4.78 is 0. The first-order chi connectivity index (χ1) is 13.3. The monoisotopic (exact) mass is 357 g/mol. The van der Waals surface area contributed by atoms with Crippen molar-refractivity contribution in [2.24, 2.45) is 0 Å². The Morgan fingerprint density at radius 3 is 2.44 bits per heavy atom. The molecule has 0 spiro atoms. The van der Waals surface area contributed by atoms with Crippen molar-refractivity contribution >= 4 is 23.2 Å². The van der Waals surface area contributed by atoms with E-state index in [0.29, 0.717) is 23.0 Å². The molecule has 3 N–H and O–H groups in total. The first kappa shape index (κ1) is 16.4. The van der Waals surface area contributed by atoms with Gasteiger partial charge in [0.1, 0.15) is 6.33 Å². The molecule has 2 aromatic heterocycles. The highest BCUT2D eigenvalue weighted by Crippen LogP contribution is 2.20. The average Bonchev–Trinajstić information content (AvgIpc) is 3.24. The molecule has 4 aromatic rings. The SMILES string of the molecule is O=C(Nc1cccc(-c2ncn[nH]2)c1)c1ccc(Nc2ncccn2)cc1. The molecule has 0 radical (unpaired) electrons. The average molecular weight is 357 g/mol. The van der Waals surface area contributed by atoms with Gasteiger partial charge in [-0.2, -0.15) is 5.10 Å². The Balaban J connectivity index is 1.45. The third-order valence-electron chi connectivity index (χ3n) is 3.78. The lowest BCUT2D eigenvalue weighted by molar-refractivity contribution is 0.102. The van der Waals surface area contributed by atoms with Crippen LogP contribution in [0.2, 0.25) is 0 Å². The highest BCUT2D eigenvalue weighted by molar-refractivity contribution is 6.04. The van der Waals surface area contributed by atoms with Crippen LogP contribution in [-0.2, 0) is 0 Å². The maximum Gasteiger partial charge on any atom is 0.255 e. The number of carbonyl (C=O) groups excluding carboxylic acids is 1. The maximum atomic E-state index is 12.5. The first-order valence-corrected chi connectivity index (χ1v) is 8.19. The van der Waals surface area contributed by atoms with Gasteiger partial charge in [0, 0.05) is 34.9 Å². The molecule has 0 aliphatic rings. The van der Waals surface area contributed by atoms with Crippen molar-refractivity contribution in [2.45, 2.75) is 0 Å². The molecule has 0 saturated carbocycles. The van der Waals surface area contributed by atoms with Crippen LogP contribution in [0.25, 0.3) is 11.4 Å². The van der Waals surface area contributed by atoms with E-state index >= 15 is 0 Å². The summed E-state index contributed by atoms with van der Waals surface area (Å²) in [5, 5.41) is 12.6. The van der Waals surface area contributed by atoms with Crippen molar-refractivity contribution in [3.8, 4) is 11.4 Å². The topological polar surface area (TPSA) is 108 Å². The minimum absolute atomic E-state index is 0.202. The highest BCUT2D eigenvalue weighted by atomic mass is 16.1. The van der Waals surface area contributed by atoms with E-state index in [-0.39, 0.29) is 5.91 Å². The molecule has 8 nitrogen and oxygen atoms in total. The van der Waals surface area contributed by atoms with Crippen LogP contribution in [0.1, 0.15) is 10.4 Å². The Morgan fingerprint density at radius 2 is 1.70 bits per heavy atom. The van der Waals surface area contributed by atoms with E-state index < -0.39 is 0 Å². The molecular weight excluding hydrogens is 342 g/mol. The number of benzene rings is 2. The molecule has 2 aromatic carbocycles. The van der Waals surface area contributed by atoms with Crippen molar-refractivity contribution < 1.29 is 4.79 Å². The number of nitrogens with one attached hydrogen (secondary N) is 3. The van der Waals surface area contributed by atoms with Gasteiger partial charge in [-0.05, 0) is 42.5 Å². The summed E-state index contributed by atoms with van der Waals surface area (Å²) in [6, 6.07) is 16.2. The van der Waals surface area contributed by atoms with Crippen LogP contribution >= 0.6 is 0 Å². The van der Waals surface area contributed by atoms with Crippen LogP contribution in [0.3, 0.4) is 0 Å². The molecule has 0 fully saturated rings. The van der Waals surface area contributed by atoms with E-state index in [4.69, 9.17) is 0 Å². The van der Waals surface area contributed by atoms with Crippen LogP contribution in [0.5, 0.6) is 0 Å². The molecule has 0 saturated heterocycles. The summed E-state index contributed by atoms with van der Waals surface area (Å²) in [6.45, 7) is 0. The number of anilines is 3. The number of amides is 1. The minimum atomic E-state index is -0.202. The van der Waals surface area contributed by atoms with Crippen LogP contribution in [-0.4, -0.2) is 31.1 Å². The van der Waals surface area contributed by atoms with E-state index in [1.807, 2.05) is 24.3 Å². The summed E-state index contributed by atoms with van der Waals surface area (Å²) >= 11 is 0. The maximum absolute atomic E-state index is 12.5. The van der Waals surface area contributed by atoms with Gasteiger partial charge in [0.15, 0.2) is 5.82 Å². The first-order valence-electron chi connectivity index (χ1n) is 8.19. The molecule has 4 rings (SSSR count). The summed E-state index contributed by atoms with van der Waals surface area (Å²) in [4.78, 5) is 24.8. The zero-order valence-electron chi connectivity index (χ0n) is 14.1. The fourth-order valence-corrected chi connectivity index (χ4v) is 2.49. The van der Waals surface area contributed by atoms with Gasteiger partial charge in [-0.25, -0.2) is 15.0 Å². The predicted molar refractivity (Wildman–Crippen MR) is 102 cm³/mol. The molecule has 27 heavy (non-hydrogen) atoms. The fraction of sp³-hybridized carbons (Fsp3) is 0. The Bertz CT molecular complexity index is 1030. The van der Waals surface area contributed by atoms with E-state index in [0.717, 1.165) is 11.3 Å². The normalized spacial score (nSPS) is 10.4. The molecule has 0 bridgehead atoms. The smallest absolute Gasteiger partial charge is 0.255 e. The molecule has 0 aliphatic carbocycles. The van der Waals surface area contributed by atoms with Crippen LogP contribution in [0.15, 0.2) is 73.3 Å². The summed E-state index contributed by atoms with van der Waals surface area (Å²) in [7, 11) is 0. The van der Waals surface area contributed by atoms with Crippen LogP contribution < -0.4 is 10.6 Å². The molecule has 0 unspecified atom stereocenters. The number of aromatic nitrogens is 5. The van der Waals surface area contributed by atoms with Crippen molar-refractivity contribution in [3.05, 3.63) is 78.9 Å². The Labute approximate surface area is 154 Å². The number of aromatic amines is 1. The van der Waals surface area contributed by atoms with Crippen LogP contribution in [0.4, 0.5) is 17.3 Å². The van der Waals surface area contributed by atoms with Crippen molar-refractivity contribution in [3.63, 3.8) is 0 Å². The number of H-pyrrole nitrogens is 1. The molecule has 8 heteroatoms. The quantitative estimate of drug-likeness (QED) is 0.506. The second kappa shape index (κ2) is 7.44. The zero-order valence-corrected chi connectivity index (χ0v) is 14.1. The molecule has 1 amide bonds. The lowest BCUT2D eigenvalue weighted by Gasteiger charge is -2.08. The van der Waals surface area contributed by atoms with E-state index in [1.165, 1.54) is 6.33 Å². The summed E-state index contributed by atoms with van der Waals surface area (Å²) in [5.74, 6) is 0.941. The van der Waals surface area contributed by atoms with Crippen molar-refractivity contribution in [1.82, 2.24) is 25.1 Å². The molecule has 132 valence electrons. The number of nitrogens with zero attached hydrogens (tertiary/aromatic N) is 4. The van der Waals surface area contributed by atoms with Gasteiger partial charge in [0.2, 0.25) is 5.95 Å². The van der Waals surface area contributed by atoms with E-state index in [9.17, 15) is 4.79 Å². The zero-order chi connectivity index (χ0) is 18.5. The van der Waals surface area contributed by atoms with Crippen molar-refractivity contribution in [1.29, 1.82) is 0 Å². The van der Waals surface area contributed by atoms with Gasteiger partial charge in [0.05, 0.1) is 0 Å². The van der Waals surface area contributed by atoms with Gasteiger partial charge in [-0.15, -0.1) is 0 Å². The van der Waals surface area contributed by atoms with E-state index in [1.54, 1.807) is 42.7 Å². The number of hydrogen-bond acceptors (Lipinski definition) is 6. The standard InChI is InChI=1S/C19H15N7O/c27-18(24-16-4-1-3-14(11-16)17-22-12-23-26-17)13-5-7-15(8-6-13)25-19-20-9-2-10-21-19/h1-12H,(H,24,27)(H,20,21,25)(H,22,23,26). The van der Waals surface area contributed by atoms with E-state index in [2.05, 4.69) is 35.8 Å². The van der Waals surface area contributed by atoms with Gasteiger partial charge in [0.25, 0.3) is 5.91 Å². The predicted octanol–water partition coefficient (Wildman–Crippen LogP) is 3.26. The molecule has 0 aliphatic heterocycles. The Morgan fingerprint density at radius 1 is 0.889 bits per heavy atom. The largest absolute Gasteiger partial charge is 0.324 e. The summed E-state index contributed by atoms with van der Waals surface area (Å²) in [6.07, 6.45) is 4.75. The number of carbonyl (C=O) groups is 1. The Hall–Kier alpha value is -4.07. The highest BCUT2D eigenvalue weighted by Gasteiger charge is 2.08. The van der Waals surface area contributed by atoms with Gasteiger partial charge in [-0.1, -0.05) is 12.1 Å². The second-order valence-electron chi connectivity index (χ2n) is 5.64. The molecular formula is C19H15N7O. The van der Waals surface area contributed by atoms with Crippen LogP contribution in [0, 0.1) is 0 Å². The van der Waals surface area contributed by atoms with Gasteiger partial charge in [-0.3, -0.25) is 9.89 Å². The minimum Gasteiger partial charge on any atom is -0.324 e. The van der Waals surface area contributed by atoms with Gasteiger partial charge < -0.3 is 10.6 Å². The third kappa shape index (κ3) is 3.96. The third-order valence-corrected chi connectivity index (χ3v) is 3.78. The number of hydrogen-bond donors (Lipinski definition) is 3.